The molecule has 0 bridgehead atoms. The van der Waals surface area contributed by atoms with E-state index in [4.69, 9.17) is 4.74 Å². The fourth-order valence-corrected chi connectivity index (χ4v) is 2.18. The third-order valence-corrected chi connectivity index (χ3v) is 3.96. The monoisotopic (exact) mass is 286 g/mol. The largest absolute Gasteiger partial charge is 0.465 e. The van der Waals surface area contributed by atoms with Gasteiger partial charge in [0.1, 0.15) is 5.54 Å². The number of nitrogens with one attached hydrogen (secondary N) is 1. The van der Waals surface area contributed by atoms with Gasteiger partial charge < -0.3 is 15.0 Å². The summed E-state index contributed by atoms with van der Waals surface area (Å²) >= 11 is 0. The number of likely N-dealkylation sites (N-methyl/N-ethyl adjacent to an activating group) is 1. The molecule has 120 valence electrons. The van der Waals surface area contributed by atoms with E-state index in [-0.39, 0.29) is 5.97 Å². The lowest BCUT2D eigenvalue weighted by Crippen LogP contribution is -2.51. The van der Waals surface area contributed by atoms with Gasteiger partial charge in [0.05, 0.1) is 6.61 Å². The molecular weight excluding hydrogens is 252 g/mol. The predicted molar refractivity (Wildman–Crippen MR) is 84.9 cm³/mol. The molecule has 1 atom stereocenters. The topological polar surface area (TPSA) is 41.6 Å². The van der Waals surface area contributed by atoms with E-state index < -0.39 is 5.54 Å². The molecule has 0 aromatic heterocycles. The number of unbranched alkanes of at least 4 members (excludes halogenated alkanes) is 2. The SMILES string of the molecule is CCCCCN(CCC(C)(NC)C(=O)OCC)C(C)C. The van der Waals surface area contributed by atoms with E-state index in [2.05, 4.69) is 31.0 Å². The molecule has 0 aliphatic rings. The summed E-state index contributed by atoms with van der Waals surface area (Å²) in [6, 6.07) is 0.509. The summed E-state index contributed by atoms with van der Waals surface area (Å²) in [5.74, 6) is -0.153. The van der Waals surface area contributed by atoms with Gasteiger partial charge in [0, 0.05) is 12.6 Å². The van der Waals surface area contributed by atoms with E-state index in [1.54, 1.807) is 0 Å². The maximum Gasteiger partial charge on any atom is 0.326 e. The molecule has 0 fully saturated rings. The van der Waals surface area contributed by atoms with Crippen LogP contribution in [-0.2, 0) is 9.53 Å². The van der Waals surface area contributed by atoms with Crippen LogP contribution in [0, 0.1) is 0 Å². The molecule has 0 aromatic rings. The van der Waals surface area contributed by atoms with Crippen molar-refractivity contribution in [3.8, 4) is 0 Å². The van der Waals surface area contributed by atoms with Gasteiger partial charge in [-0.3, -0.25) is 4.79 Å². The van der Waals surface area contributed by atoms with Crippen LogP contribution >= 0.6 is 0 Å². The van der Waals surface area contributed by atoms with Gasteiger partial charge in [0.2, 0.25) is 0 Å². The molecule has 0 amide bonds. The van der Waals surface area contributed by atoms with Crippen molar-refractivity contribution in [2.24, 2.45) is 0 Å². The van der Waals surface area contributed by atoms with Gasteiger partial charge in [-0.05, 0) is 54.1 Å². The van der Waals surface area contributed by atoms with Crippen LogP contribution < -0.4 is 5.32 Å². The highest BCUT2D eigenvalue weighted by Gasteiger charge is 2.33. The molecule has 0 rings (SSSR count). The van der Waals surface area contributed by atoms with Crippen molar-refractivity contribution in [1.82, 2.24) is 10.2 Å². The third-order valence-electron chi connectivity index (χ3n) is 3.96. The van der Waals surface area contributed by atoms with E-state index in [1.807, 2.05) is 20.9 Å². The Labute approximate surface area is 125 Å². The number of esters is 1. The highest BCUT2D eigenvalue weighted by molar-refractivity contribution is 5.80. The highest BCUT2D eigenvalue weighted by atomic mass is 16.5. The summed E-state index contributed by atoms with van der Waals surface area (Å²) in [6.07, 6.45) is 4.50. The smallest absolute Gasteiger partial charge is 0.326 e. The Bertz CT molecular complexity index is 269. The maximum atomic E-state index is 12.0. The summed E-state index contributed by atoms with van der Waals surface area (Å²) in [6.45, 7) is 12.9. The number of carbonyl (C=O) groups is 1. The molecule has 0 aliphatic heterocycles. The average Bonchev–Trinajstić information content (AvgIpc) is 2.42. The standard InChI is InChI=1S/C16H34N2O2/c1-7-9-10-12-18(14(3)4)13-11-16(5,17-6)15(19)20-8-2/h14,17H,7-13H2,1-6H3. The fourth-order valence-electron chi connectivity index (χ4n) is 2.18. The van der Waals surface area contributed by atoms with Crippen molar-refractivity contribution in [2.75, 3.05) is 26.7 Å². The molecule has 0 saturated carbocycles. The first-order valence-electron chi connectivity index (χ1n) is 8.01. The first-order valence-corrected chi connectivity index (χ1v) is 8.01. The van der Waals surface area contributed by atoms with Crippen molar-refractivity contribution < 1.29 is 9.53 Å². The van der Waals surface area contributed by atoms with Gasteiger partial charge in [-0.1, -0.05) is 19.8 Å². The predicted octanol–water partition coefficient (Wildman–Crippen LogP) is 2.82. The normalized spacial score (nSPS) is 14.6. The summed E-state index contributed by atoms with van der Waals surface area (Å²) in [4.78, 5) is 14.5. The Morgan fingerprint density at radius 3 is 2.35 bits per heavy atom. The summed E-state index contributed by atoms with van der Waals surface area (Å²) in [7, 11) is 1.83. The Hall–Kier alpha value is -0.610. The van der Waals surface area contributed by atoms with Gasteiger partial charge in [0.15, 0.2) is 0 Å². The Morgan fingerprint density at radius 2 is 1.90 bits per heavy atom. The summed E-state index contributed by atoms with van der Waals surface area (Å²) in [5.41, 5.74) is -0.589. The molecule has 0 aromatic carbocycles. The fraction of sp³-hybridized carbons (Fsp3) is 0.938. The molecule has 20 heavy (non-hydrogen) atoms. The zero-order valence-corrected chi connectivity index (χ0v) is 14.3. The van der Waals surface area contributed by atoms with Crippen molar-refractivity contribution >= 4 is 5.97 Å². The molecule has 4 nitrogen and oxygen atoms in total. The maximum absolute atomic E-state index is 12.0. The minimum Gasteiger partial charge on any atom is -0.465 e. The van der Waals surface area contributed by atoms with E-state index in [0.29, 0.717) is 12.6 Å². The first-order chi connectivity index (χ1) is 9.41. The lowest BCUT2D eigenvalue weighted by molar-refractivity contribution is -0.150. The second kappa shape index (κ2) is 10.2. The van der Waals surface area contributed by atoms with Crippen molar-refractivity contribution in [3.63, 3.8) is 0 Å². The molecular formula is C16H34N2O2. The van der Waals surface area contributed by atoms with E-state index in [1.165, 1.54) is 19.3 Å². The molecule has 0 spiro atoms. The number of carbonyl (C=O) groups excluding carboxylic acids is 1. The van der Waals surface area contributed by atoms with Crippen molar-refractivity contribution in [2.45, 2.75) is 71.9 Å². The number of hydrogen-bond acceptors (Lipinski definition) is 4. The van der Waals surface area contributed by atoms with Crippen LogP contribution in [0.25, 0.3) is 0 Å². The average molecular weight is 286 g/mol. The molecule has 1 unspecified atom stereocenters. The Morgan fingerprint density at radius 1 is 1.25 bits per heavy atom. The molecule has 0 saturated heterocycles. The second-order valence-corrected chi connectivity index (χ2v) is 5.89. The summed E-state index contributed by atoms with van der Waals surface area (Å²) < 4.78 is 5.17. The number of nitrogens with zero attached hydrogens (tertiary/aromatic N) is 1. The van der Waals surface area contributed by atoms with Crippen molar-refractivity contribution in [3.05, 3.63) is 0 Å². The third kappa shape index (κ3) is 6.71. The van der Waals surface area contributed by atoms with Gasteiger partial charge in [-0.15, -0.1) is 0 Å². The number of rotatable bonds is 11. The zero-order valence-electron chi connectivity index (χ0n) is 14.3. The van der Waals surface area contributed by atoms with Gasteiger partial charge in [0.25, 0.3) is 0 Å². The van der Waals surface area contributed by atoms with Crippen LogP contribution in [0.2, 0.25) is 0 Å². The van der Waals surface area contributed by atoms with Crippen LogP contribution in [0.5, 0.6) is 0 Å². The van der Waals surface area contributed by atoms with Crippen LogP contribution in [0.3, 0.4) is 0 Å². The number of ether oxygens (including phenoxy) is 1. The van der Waals surface area contributed by atoms with Crippen LogP contribution in [0.4, 0.5) is 0 Å². The van der Waals surface area contributed by atoms with Crippen LogP contribution in [-0.4, -0.2) is 49.2 Å². The first kappa shape index (κ1) is 19.4. The molecule has 0 radical (unpaired) electrons. The Balaban J connectivity index is 4.44. The second-order valence-electron chi connectivity index (χ2n) is 5.89. The summed E-state index contributed by atoms with van der Waals surface area (Å²) in [5, 5.41) is 3.12. The molecule has 0 heterocycles. The zero-order chi connectivity index (χ0) is 15.6. The van der Waals surface area contributed by atoms with Gasteiger partial charge in [-0.25, -0.2) is 0 Å². The Kier molecular flexibility index (Phi) is 9.86. The van der Waals surface area contributed by atoms with E-state index >= 15 is 0 Å². The quantitative estimate of drug-likeness (QED) is 0.468. The van der Waals surface area contributed by atoms with E-state index in [0.717, 1.165) is 19.5 Å². The van der Waals surface area contributed by atoms with Crippen LogP contribution in [0.1, 0.15) is 60.3 Å². The molecule has 1 N–H and O–H groups in total. The van der Waals surface area contributed by atoms with Crippen molar-refractivity contribution in [1.29, 1.82) is 0 Å². The lowest BCUT2D eigenvalue weighted by Gasteiger charge is -2.32. The van der Waals surface area contributed by atoms with Crippen LogP contribution in [0.15, 0.2) is 0 Å². The van der Waals surface area contributed by atoms with Gasteiger partial charge >= 0.3 is 5.97 Å². The minimum absolute atomic E-state index is 0.153. The molecule has 4 heteroatoms. The molecule has 0 aliphatic carbocycles. The number of hydrogen-bond donors (Lipinski definition) is 1. The lowest BCUT2D eigenvalue weighted by atomic mass is 9.97. The van der Waals surface area contributed by atoms with E-state index in [9.17, 15) is 4.79 Å². The minimum atomic E-state index is -0.589. The van der Waals surface area contributed by atoms with Gasteiger partial charge in [-0.2, -0.15) is 0 Å². The highest BCUT2D eigenvalue weighted by Crippen LogP contribution is 2.14.